The first-order valence-corrected chi connectivity index (χ1v) is 5.84. The highest BCUT2D eigenvalue weighted by atomic mass is 14.9. The highest BCUT2D eigenvalue weighted by molar-refractivity contribution is 5.92. The molecule has 3 rings (SSSR count). The van der Waals surface area contributed by atoms with E-state index in [1.165, 1.54) is 0 Å². The minimum absolute atomic E-state index is 0.371. The molecule has 19 heavy (non-hydrogen) atoms. The molecule has 90 valence electrons. The van der Waals surface area contributed by atoms with Gasteiger partial charge in [0.2, 0.25) is 0 Å². The fourth-order valence-corrected chi connectivity index (χ4v) is 1.95. The molecule has 0 aliphatic carbocycles. The van der Waals surface area contributed by atoms with Crippen LogP contribution < -0.4 is 5.32 Å². The van der Waals surface area contributed by atoms with E-state index in [4.69, 9.17) is 5.26 Å². The second-order valence-corrected chi connectivity index (χ2v) is 4.02. The normalized spacial score (nSPS) is 10.1. The first kappa shape index (κ1) is 11.2. The van der Waals surface area contributed by atoms with Crippen molar-refractivity contribution in [3.63, 3.8) is 0 Å². The van der Waals surface area contributed by atoms with Crippen molar-refractivity contribution < 1.29 is 0 Å². The second kappa shape index (κ2) is 4.75. The van der Waals surface area contributed by atoms with Gasteiger partial charge in [0, 0.05) is 17.8 Å². The van der Waals surface area contributed by atoms with Crippen molar-refractivity contribution in [2.24, 2.45) is 0 Å². The average molecular weight is 246 g/mol. The molecule has 0 spiro atoms. The van der Waals surface area contributed by atoms with E-state index >= 15 is 0 Å². The maximum Gasteiger partial charge on any atom is 0.163 e. The molecule has 2 heterocycles. The number of hydrogen-bond donors (Lipinski definition) is 1. The monoisotopic (exact) mass is 246 g/mol. The fourth-order valence-electron chi connectivity index (χ4n) is 1.95. The van der Waals surface area contributed by atoms with Crippen LogP contribution in [0, 0.1) is 11.3 Å². The van der Waals surface area contributed by atoms with Crippen molar-refractivity contribution in [1.82, 2.24) is 9.97 Å². The Bertz CT molecular complexity index is 769. The Morgan fingerprint density at radius 1 is 0.895 bits per heavy atom. The van der Waals surface area contributed by atoms with Gasteiger partial charge < -0.3 is 5.32 Å². The van der Waals surface area contributed by atoms with E-state index in [0.29, 0.717) is 11.4 Å². The largest absolute Gasteiger partial charge is 0.351 e. The Morgan fingerprint density at radius 3 is 2.53 bits per heavy atom. The molecular weight excluding hydrogens is 236 g/mol. The van der Waals surface area contributed by atoms with Crippen molar-refractivity contribution in [1.29, 1.82) is 5.26 Å². The number of anilines is 2. The molecule has 1 N–H and O–H groups in total. The average Bonchev–Trinajstić information content (AvgIpc) is 2.48. The molecule has 0 radical (unpaired) electrons. The van der Waals surface area contributed by atoms with Crippen molar-refractivity contribution >= 4 is 22.3 Å². The fraction of sp³-hybridized carbons (Fsp3) is 0. The number of hydrogen-bond acceptors (Lipinski definition) is 4. The number of nitriles is 1. The van der Waals surface area contributed by atoms with Crippen LogP contribution in [0.4, 0.5) is 11.4 Å². The van der Waals surface area contributed by atoms with Gasteiger partial charge in [0.15, 0.2) is 5.69 Å². The zero-order chi connectivity index (χ0) is 13.1. The standard InChI is InChI=1S/C15H10N4/c16-10-14-12(7-3-8-17-14)19-13-6-1-4-11-5-2-9-18-15(11)13/h1-9,19H. The highest BCUT2D eigenvalue weighted by Gasteiger charge is 2.05. The summed E-state index contributed by atoms with van der Waals surface area (Å²) >= 11 is 0. The van der Waals surface area contributed by atoms with E-state index in [-0.39, 0.29) is 0 Å². The van der Waals surface area contributed by atoms with Crippen LogP contribution in [0.1, 0.15) is 5.69 Å². The maximum atomic E-state index is 9.04. The van der Waals surface area contributed by atoms with Crippen LogP contribution in [0.3, 0.4) is 0 Å². The van der Waals surface area contributed by atoms with Crippen LogP contribution in [-0.4, -0.2) is 9.97 Å². The van der Waals surface area contributed by atoms with Crippen LogP contribution in [-0.2, 0) is 0 Å². The number of nitrogens with zero attached hydrogens (tertiary/aromatic N) is 3. The Kier molecular flexibility index (Phi) is 2.79. The molecule has 0 amide bonds. The molecule has 0 bridgehead atoms. The smallest absolute Gasteiger partial charge is 0.163 e. The summed E-state index contributed by atoms with van der Waals surface area (Å²) in [4.78, 5) is 8.40. The molecule has 0 fully saturated rings. The molecule has 0 aliphatic rings. The first-order valence-electron chi connectivity index (χ1n) is 5.84. The number of benzene rings is 1. The van der Waals surface area contributed by atoms with Crippen molar-refractivity contribution in [2.45, 2.75) is 0 Å². The topological polar surface area (TPSA) is 61.6 Å². The molecule has 4 nitrogen and oxygen atoms in total. The Morgan fingerprint density at radius 2 is 1.63 bits per heavy atom. The minimum Gasteiger partial charge on any atom is -0.351 e. The lowest BCUT2D eigenvalue weighted by atomic mass is 10.2. The van der Waals surface area contributed by atoms with Gasteiger partial charge in [-0.3, -0.25) is 4.98 Å². The van der Waals surface area contributed by atoms with Crippen LogP contribution in [0.25, 0.3) is 10.9 Å². The third-order valence-electron chi connectivity index (χ3n) is 2.82. The lowest BCUT2D eigenvalue weighted by Crippen LogP contribution is -1.96. The summed E-state index contributed by atoms with van der Waals surface area (Å²) in [6.07, 6.45) is 3.35. The van der Waals surface area contributed by atoms with Gasteiger partial charge in [0.05, 0.1) is 16.9 Å². The van der Waals surface area contributed by atoms with Gasteiger partial charge >= 0.3 is 0 Å². The molecule has 4 heteroatoms. The third kappa shape index (κ3) is 2.09. The first-order chi connectivity index (χ1) is 9.38. The van der Waals surface area contributed by atoms with Crippen molar-refractivity contribution in [3.05, 3.63) is 60.6 Å². The Labute approximate surface area is 110 Å². The lowest BCUT2D eigenvalue weighted by molar-refractivity contribution is 1.26. The second-order valence-electron chi connectivity index (χ2n) is 4.02. The molecule has 0 aliphatic heterocycles. The predicted octanol–water partition coefficient (Wildman–Crippen LogP) is 3.25. The van der Waals surface area contributed by atoms with E-state index in [1.54, 1.807) is 18.5 Å². The summed E-state index contributed by atoms with van der Waals surface area (Å²) in [7, 11) is 0. The summed E-state index contributed by atoms with van der Waals surface area (Å²) < 4.78 is 0. The molecular formula is C15H10N4. The zero-order valence-corrected chi connectivity index (χ0v) is 10.0. The van der Waals surface area contributed by atoms with Gasteiger partial charge in [-0.25, -0.2) is 4.98 Å². The number of fused-ring (bicyclic) bond motifs is 1. The summed E-state index contributed by atoms with van der Waals surface area (Å²) in [6, 6.07) is 15.5. The van der Waals surface area contributed by atoms with Gasteiger partial charge in [-0.1, -0.05) is 18.2 Å². The van der Waals surface area contributed by atoms with Crippen LogP contribution in [0.2, 0.25) is 0 Å². The lowest BCUT2D eigenvalue weighted by Gasteiger charge is -2.09. The van der Waals surface area contributed by atoms with Crippen molar-refractivity contribution in [2.75, 3.05) is 5.32 Å². The summed E-state index contributed by atoms with van der Waals surface area (Å²) in [6.45, 7) is 0. The molecule has 0 saturated carbocycles. The summed E-state index contributed by atoms with van der Waals surface area (Å²) in [5.41, 5.74) is 2.79. The quantitative estimate of drug-likeness (QED) is 0.754. The van der Waals surface area contributed by atoms with Gasteiger partial charge in [0.25, 0.3) is 0 Å². The number of aromatic nitrogens is 2. The maximum absolute atomic E-state index is 9.04. The van der Waals surface area contributed by atoms with E-state index in [9.17, 15) is 0 Å². The predicted molar refractivity (Wildman–Crippen MR) is 74.0 cm³/mol. The van der Waals surface area contributed by atoms with E-state index in [1.807, 2.05) is 36.4 Å². The summed E-state index contributed by atoms with van der Waals surface area (Å²) in [5, 5.41) is 13.3. The summed E-state index contributed by atoms with van der Waals surface area (Å²) in [5.74, 6) is 0. The zero-order valence-electron chi connectivity index (χ0n) is 10.0. The number of rotatable bonds is 2. The van der Waals surface area contributed by atoms with E-state index in [2.05, 4.69) is 21.4 Å². The number of pyridine rings is 2. The van der Waals surface area contributed by atoms with Gasteiger partial charge in [-0.15, -0.1) is 0 Å². The number of nitrogens with one attached hydrogen (secondary N) is 1. The number of para-hydroxylation sites is 1. The van der Waals surface area contributed by atoms with E-state index in [0.717, 1.165) is 16.6 Å². The molecule has 0 unspecified atom stereocenters. The van der Waals surface area contributed by atoms with Crippen LogP contribution >= 0.6 is 0 Å². The van der Waals surface area contributed by atoms with Crippen LogP contribution in [0.5, 0.6) is 0 Å². The minimum atomic E-state index is 0.371. The SMILES string of the molecule is N#Cc1ncccc1Nc1cccc2cccnc12. The molecule has 0 atom stereocenters. The van der Waals surface area contributed by atoms with Gasteiger partial charge in [-0.05, 0) is 24.3 Å². The molecule has 1 aromatic carbocycles. The van der Waals surface area contributed by atoms with Crippen molar-refractivity contribution in [3.8, 4) is 6.07 Å². The third-order valence-corrected chi connectivity index (χ3v) is 2.82. The molecule has 3 aromatic rings. The Balaban J connectivity index is 2.09. The Hall–Kier alpha value is -2.93. The molecule has 2 aromatic heterocycles. The van der Waals surface area contributed by atoms with Gasteiger partial charge in [-0.2, -0.15) is 5.26 Å². The van der Waals surface area contributed by atoms with E-state index < -0.39 is 0 Å². The van der Waals surface area contributed by atoms with Gasteiger partial charge in [0.1, 0.15) is 6.07 Å². The van der Waals surface area contributed by atoms with Crippen LogP contribution in [0.15, 0.2) is 54.9 Å². The molecule has 0 saturated heterocycles. The highest BCUT2D eigenvalue weighted by Crippen LogP contribution is 2.25.